The third-order valence-electron chi connectivity index (χ3n) is 2.53. The Bertz CT molecular complexity index is 561. The Morgan fingerprint density at radius 3 is 2.84 bits per heavy atom. The predicted octanol–water partition coefficient (Wildman–Crippen LogP) is 3.37. The molecule has 1 heterocycles. The molecule has 0 amide bonds. The molecule has 2 aromatic rings. The second-order valence-corrected chi connectivity index (χ2v) is 3.87. The third-order valence-corrected chi connectivity index (χ3v) is 2.53. The van der Waals surface area contributed by atoms with Crippen molar-refractivity contribution in [3.63, 3.8) is 0 Å². The Morgan fingerprint density at radius 2 is 2.11 bits per heavy atom. The van der Waals surface area contributed by atoms with Crippen LogP contribution in [-0.2, 0) is 6.54 Å². The summed E-state index contributed by atoms with van der Waals surface area (Å²) in [5, 5.41) is 2.98. The molecule has 100 valence electrons. The molecular weight excluding hydrogens is 250 g/mol. The first-order valence-corrected chi connectivity index (χ1v) is 5.96. The first-order chi connectivity index (χ1) is 9.20. The number of aromatic nitrogens is 1. The van der Waals surface area contributed by atoms with Gasteiger partial charge in [-0.3, -0.25) is 0 Å². The van der Waals surface area contributed by atoms with E-state index in [4.69, 9.17) is 4.74 Å². The van der Waals surface area contributed by atoms with Gasteiger partial charge in [-0.05, 0) is 25.1 Å². The summed E-state index contributed by atoms with van der Waals surface area (Å²) in [5.74, 6) is -0.0314. The molecule has 1 N–H and O–H groups in total. The largest absolute Gasteiger partial charge is 0.490 e. The van der Waals surface area contributed by atoms with Gasteiger partial charge in [0.2, 0.25) is 0 Å². The van der Waals surface area contributed by atoms with Crippen LogP contribution in [0.5, 0.6) is 5.75 Å². The molecule has 0 atom stereocenters. The van der Waals surface area contributed by atoms with Gasteiger partial charge in [-0.25, -0.2) is 13.8 Å². The number of halogens is 2. The summed E-state index contributed by atoms with van der Waals surface area (Å²) in [7, 11) is 0. The number of rotatable bonds is 5. The average Bonchev–Trinajstić information content (AvgIpc) is 2.40. The van der Waals surface area contributed by atoms with E-state index < -0.39 is 11.6 Å². The van der Waals surface area contributed by atoms with Gasteiger partial charge in [0.25, 0.3) is 0 Å². The fourth-order valence-corrected chi connectivity index (χ4v) is 1.64. The fraction of sp³-hybridized carbons (Fsp3) is 0.214. The van der Waals surface area contributed by atoms with Crippen molar-refractivity contribution in [1.29, 1.82) is 0 Å². The normalized spacial score (nSPS) is 10.3. The summed E-state index contributed by atoms with van der Waals surface area (Å²) in [6.45, 7) is 2.60. The molecule has 0 saturated heterocycles. The summed E-state index contributed by atoms with van der Waals surface area (Å²) >= 11 is 0. The van der Waals surface area contributed by atoms with Crippen LogP contribution in [0.25, 0.3) is 0 Å². The Balaban J connectivity index is 2.10. The van der Waals surface area contributed by atoms with Crippen LogP contribution in [0.4, 0.5) is 14.6 Å². The number of nitrogens with zero attached hydrogens (tertiary/aromatic N) is 1. The molecule has 0 radical (unpaired) electrons. The van der Waals surface area contributed by atoms with E-state index in [0.717, 1.165) is 6.07 Å². The van der Waals surface area contributed by atoms with Crippen molar-refractivity contribution < 1.29 is 13.5 Å². The number of anilines is 1. The lowest BCUT2D eigenvalue weighted by Crippen LogP contribution is -2.06. The minimum Gasteiger partial charge on any atom is -0.490 e. The fourth-order valence-electron chi connectivity index (χ4n) is 1.64. The second kappa shape index (κ2) is 6.13. The zero-order valence-corrected chi connectivity index (χ0v) is 10.5. The van der Waals surface area contributed by atoms with E-state index in [1.165, 1.54) is 12.1 Å². The molecule has 3 nitrogen and oxygen atoms in total. The Hall–Kier alpha value is -2.17. The van der Waals surface area contributed by atoms with Gasteiger partial charge < -0.3 is 10.1 Å². The molecule has 1 aromatic carbocycles. The van der Waals surface area contributed by atoms with Gasteiger partial charge in [0.1, 0.15) is 11.6 Å². The summed E-state index contributed by atoms with van der Waals surface area (Å²) < 4.78 is 31.6. The maximum atomic E-state index is 13.5. The van der Waals surface area contributed by atoms with E-state index in [9.17, 15) is 8.78 Å². The van der Waals surface area contributed by atoms with E-state index in [-0.39, 0.29) is 6.54 Å². The van der Waals surface area contributed by atoms with Crippen molar-refractivity contribution in [2.45, 2.75) is 13.5 Å². The second-order valence-electron chi connectivity index (χ2n) is 3.87. The quantitative estimate of drug-likeness (QED) is 0.899. The Labute approximate surface area is 110 Å². The van der Waals surface area contributed by atoms with Gasteiger partial charge in [0.05, 0.1) is 6.61 Å². The summed E-state index contributed by atoms with van der Waals surface area (Å²) in [4.78, 5) is 4.13. The molecule has 0 aliphatic carbocycles. The van der Waals surface area contributed by atoms with Crippen LogP contribution < -0.4 is 10.1 Å². The van der Waals surface area contributed by atoms with Crippen molar-refractivity contribution in [3.8, 4) is 5.75 Å². The molecule has 2 rings (SSSR count). The van der Waals surface area contributed by atoms with Gasteiger partial charge >= 0.3 is 0 Å². The number of ether oxygens (including phenoxy) is 1. The highest BCUT2D eigenvalue weighted by atomic mass is 19.1. The van der Waals surface area contributed by atoms with Crippen LogP contribution >= 0.6 is 0 Å². The Morgan fingerprint density at radius 1 is 1.26 bits per heavy atom. The molecule has 0 aliphatic heterocycles. The molecule has 0 aliphatic rings. The molecule has 1 aromatic heterocycles. The number of benzene rings is 1. The topological polar surface area (TPSA) is 34.1 Å². The molecular formula is C14H14F2N2O. The summed E-state index contributed by atoms with van der Waals surface area (Å²) in [6, 6.07) is 7.02. The van der Waals surface area contributed by atoms with Crippen LogP contribution in [0.1, 0.15) is 12.5 Å². The van der Waals surface area contributed by atoms with Gasteiger partial charge in [-0.1, -0.05) is 6.07 Å². The van der Waals surface area contributed by atoms with E-state index >= 15 is 0 Å². The number of hydrogen-bond donors (Lipinski definition) is 1. The van der Waals surface area contributed by atoms with E-state index in [1.54, 1.807) is 18.3 Å². The van der Waals surface area contributed by atoms with Crippen LogP contribution in [-0.4, -0.2) is 11.6 Å². The lowest BCUT2D eigenvalue weighted by Gasteiger charge is -2.11. The van der Waals surface area contributed by atoms with Crippen LogP contribution in [0.3, 0.4) is 0 Å². The molecule has 0 saturated carbocycles. The zero-order chi connectivity index (χ0) is 13.7. The van der Waals surface area contributed by atoms with E-state index in [2.05, 4.69) is 10.3 Å². The maximum absolute atomic E-state index is 13.5. The van der Waals surface area contributed by atoms with Gasteiger partial charge in [0.15, 0.2) is 11.6 Å². The zero-order valence-electron chi connectivity index (χ0n) is 10.5. The molecule has 0 spiro atoms. The number of nitrogens with one attached hydrogen (secondary N) is 1. The monoisotopic (exact) mass is 264 g/mol. The first-order valence-electron chi connectivity index (χ1n) is 5.96. The van der Waals surface area contributed by atoms with Crippen LogP contribution in [0, 0.1) is 11.6 Å². The van der Waals surface area contributed by atoms with Crippen molar-refractivity contribution >= 4 is 5.82 Å². The van der Waals surface area contributed by atoms with E-state index in [0.29, 0.717) is 23.7 Å². The minimum atomic E-state index is -0.589. The number of pyridine rings is 1. The average molecular weight is 264 g/mol. The lowest BCUT2D eigenvalue weighted by molar-refractivity contribution is 0.340. The predicted molar refractivity (Wildman–Crippen MR) is 69.1 cm³/mol. The third kappa shape index (κ3) is 3.40. The highest BCUT2D eigenvalue weighted by Gasteiger charge is 2.07. The van der Waals surface area contributed by atoms with Crippen molar-refractivity contribution in [3.05, 3.63) is 53.7 Å². The van der Waals surface area contributed by atoms with Crippen molar-refractivity contribution in [2.24, 2.45) is 0 Å². The molecule has 0 bridgehead atoms. The summed E-state index contributed by atoms with van der Waals surface area (Å²) in [5.41, 5.74) is 0.370. The molecule has 19 heavy (non-hydrogen) atoms. The first kappa shape index (κ1) is 13.3. The summed E-state index contributed by atoms with van der Waals surface area (Å²) in [6.07, 6.45) is 1.62. The molecule has 5 heteroatoms. The lowest BCUT2D eigenvalue weighted by atomic mass is 10.2. The van der Waals surface area contributed by atoms with Crippen LogP contribution in [0.15, 0.2) is 36.5 Å². The maximum Gasteiger partial charge on any atom is 0.169 e. The highest BCUT2D eigenvalue weighted by molar-refractivity contribution is 5.49. The SMILES string of the molecule is CCOc1cccnc1NCc1ccc(F)cc1F. The molecule has 0 unspecified atom stereocenters. The van der Waals surface area contributed by atoms with Gasteiger partial charge in [-0.15, -0.1) is 0 Å². The molecule has 0 fully saturated rings. The minimum absolute atomic E-state index is 0.212. The van der Waals surface area contributed by atoms with Crippen molar-refractivity contribution in [2.75, 3.05) is 11.9 Å². The van der Waals surface area contributed by atoms with Crippen molar-refractivity contribution in [1.82, 2.24) is 4.98 Å². The highest BCUT2D eigenvalue weighted by Crippen LogP contribution is 2.21. The van der Waals surface area contributed by atoms with Gasteiger partial charge in [-0.2, -0.15) is 0 Å². The van der Waals surface area contributed by atoms with Crippen LogP contribution in [0.2, 0.25) is 0 Å². The Kier molecular flexibility index (Phi) is 4.28. The van der Waals surface area contributed by atoms with E-state index in [1.807, 2.05) is 6.92 Å². The standard InChI is InChI=1S/C14H14F2N2O/c1-2-19-13-4-3-7-17-14(13)18-9-10-5-6-11(15)8-12(10)16/h3-8H,2,9H2,1H3,(H,17,18). The number of hydrogen-bond acceptors (Lipinski definition) is 3. The smallest absolute Gasteiger partial charge is 0.169 e. The van der Waals surface area contributed by atoms with Gasteiger partial charge in [0, 0.05) is 24.4 Å².